The molecule has 1 N–H and O–H groups in total. The van der Waals surface area contributed by atoms with Gasteiger partial charge in [-0.1, -0.05) is 17.7 Å². The van der Waals surface area contributed by atoms with Crippen molar-refractivity contribution in [2.75, 3.05) is 0 Å². The molecule has 0 fully saturated rings. The number of furan rings is 1. The van der Waals surface area contributed by atoms with Gasteiger partial charge in [0, 0.05) is 5.54 Å². The summed E-state index contributed by atoms with van der Waals surface area (Å²) in [6.07, 6.45) is 0. The van der Waals surface area contributed by atoms with Crippen LogP contribution in [-0.4, -0.2) is 5.54 Å². The molecule has 0 amide bonds. The van der Waals surface area contributed by atoms with Gasteiger partial charge in [-0.05, 0) is 52.0 Å². The highest BCUT2D eigenvalue weighted by Gasteiger charge is 2.10. The van der Waals surface area contributed by atoms with E-state index in [1.807, 2.05) is 36.4 Å². The van der Waals surface area contributed by atoms with Gasteiger partial charge in [-0.15, -0.1) is 0 Å². The van der Waals surface area contributed by atoms with Crippen LogP contribution in [0.15, 0.2) is 40.8 Å². The first kappa shape index (κ1) is 14.7. The minimum absolute atomic E-state index is 0.0886. The van der Waals surface area contributed by atoms with Crippen LogP contribution in [0.25, 0.3) is 0 Å². The fourth-order valence-electron chi connectivity index (χ4n) is 1.74. The van der Waals surface area contributed by atoms with Crippen molar-refractivity contribution < 1.29 is 9.15 Å². The largest absolute Gasteiger partial charge is 0.486 e. The standard InChI is InChI=1S/C17H23NO2/c1-13-5-7-14(8-6-13)19-12-16-10-9-15(20-16)11-18-17(2,3)4/h5-10,18H,11-12H2,1-4H3. The van der Waals surface area contributed by atoms with E-state index < -0.39 is 0 Å². The summed E-state index contributed by atoms with van der Waals surface area (Å²) in [7, 11) is 0. The molecule has 0 saturated carbocycles. The van der Waals surface area contributed by atoms with Crippen LogP contribution in [0.5, 0.6) is 5.75 Å². The Labute approximate surface area is 121 Å². The highest BCUT2D eigenvalue weighted by atomic mass is 16.5. The zero-order valence-electron chi connectivity index (χ0n) is 12.7. The van der Waals surface area contributed by atoms with E-state index in [0.29, 0.717) is 6.61 Å². The molecule has 3 heteroatoms. The molecule has 1 aromatic carbocycles. The van der Waals surface area contributed by atoms with E-state index in [1.54, 1.807) is 0 Å². The number of aryl methyl sites for hydroxylation is 1. The molecule has 2 rings (SSSR count). The number of hydrogen-bond donors (Lipinski definition) is 1. The van der Waals surface area contributed by atoms with Crippen LogP contribution in [-0.2, 0) is 13.2 Å². The number of benzene rings is 1. The van der Waals surface area contributed by atoms with Gasteiger partial charge in [0.05, 0.1) is 6.54 Å². The van der Waals surface area contributed by atoms with Crippen LogP contribution in [0.3, 0.4) is 0 Å². The maximum atomic E-state index is 5.74. The number of hydrogen-bond acceptors (Lipinski definition) is 3. The lowest BCUT2D eigenvalue weighted by atomic mass is 10.1. The molecule has 1 heterocycles. The van der Waals surface area contributed by atoms with E-state index in [2.05, 4.69) is 33.0 Å². The SMILES string of the molecule is Cc1ccc(OCc2ccc(CNC(C)(C)C)o2)cc1. The molecule has 0 atom stereocenters. The lowest BCUT2D eigenvalue weighted by Gasteiger charge is -2.19. The van der Waals surface area contributed by atoms with E-state index in [4.69, 9.17) is 9.15 Å². The Balaban J connectivity index is 1.85. The molecule has 0 radical (unpaired) electrons. The minimum Gasteiger partial charge on any atom is -0.486 e. The van der Waals surface area contributed by atoms with Gasteiger partial charge >= 0.3 is 0 Å². The third-order valence-corrected chi connectivity index (χ3v) is 2.91. The normalized spacial score (nSPS) is 11.6. The fourth-order valence-corrected chi connectivity index (χ4v) is 1.74. The summed E-state index contributed by atoms with van der Waals surface area (Å²) in [5, 5.41) is 3.40. The summed E-state index contributed by atoms with van der Waals surface area (Å²) in [5.41, 5.74) is 1.32. The highest BCUT2D eigenvalue weighted by molar-refractivity contribution is 5.26. The van der Waals surface area contributed by atoms with Gasteiger partial charge in [0.15, 0.2) is 0 Å². The average molecular weight is 273 g/mol. The lowest BCUT2D eigenvalue weighted by Crippen LogP contribution is -2.34. The minimum atomic E-state index is 0.0886. The van der Waals surface area contributed by atoms with Crippen molar-refractivity contribution in [3.8, 4) is 5.75 Å². The Bertz CT molecular complexity index is 535. The fraction of sp³-hybridized carbons (Fsp3) is 0.412. The van der Waals surface area contributed by atoms with Crippen LogP contribution < -0.4 is 10.1 Å². The number of nitrogens with one attached hydrogen (secondary N) is 1. The summed E-state index contributed by atoms with van der Waals surface area (Å²) in [4.78, 5) is 0. The van der Waals surface area contributed by atoms with Gasteiger partial charge < -0.3 is 14.5 Å². The summed E-state index contributed by atoms with van der Waals surface area (Å²) in [5.74, 6) is 2.64. The summed E-state index contributed by atoms with van der Waals surface area (Å²) < 4.78 is 11.4. The van der Waals surface area contributed by atoms with Crippen LogP contribution in [0.2, 0.25) is 0 Å². The summed E-state index contributed by atoms with van der Waals surface area (Å²) in [6, 6.07) is 12.0. The first-order valence-corrected chi connectivity index (χ1v) is 6.94. The molecule has 20 heavy (non-hydrogen) atoms. The van der Waals surface area contributed by atoms with Crippen LogP contribution in [0.4, 0.5) is 0 Å². The Morgan fingerprint density at radius 3 is 2.30 bits per heavy atom. The van der Waals surface area contributed by atoms with E-state index in [-0.39, 0.29) is 5.54 Å². The van der Waals surface area contributed by atoms with Gasteiger partial charge in [0.25, 0.3) is 0 Å². The second-order valence-electron chi connectivity index (χ2n) is 6.07. The first-order valence-electron chi connectivity index (χ1n) is 6.94. The quantitative estimate of drug-likeness (QED) is 0.892. The van der Waals surface area contributed by atoms with E-state index in [1.165, 1.54) is 5.56 Å². The average Bonchev–Trinajstić information content (AvgIpc) is 2.83. The predicted octanol–water partition coefficient (Wildman–Crippen LogP) is 4.06. The van der Waals surface area contributed by atoms with Crippen LogP contribution in [0, 0.1) is 6.92 Å². The van der Waals surface area contributed by atoms with Gasteiger partial charge in [0.2, 0.25) is 0 Å². The molecule has 108 valence electrons. The molecule has 0 saturated heterocycles. The molecule has 1 aromatic heterocycles. The van der Waals surface area contributed by atoms with Gasteiger partial charge in [-0.2, -0.15) is 0 Å². The smallest absolute Gasteiger partial charge is 0.146 e. The lowest BCUT2D eigenvalue weighted by molar-refractivity contribution is 0.263. The highest BCUT2D eigenvalue weighted by Crippen LogP contribution is 2.15. The van der Waals surface area contributed by atoms with Crippen molar-refractivity contribution in [2.24, 2.45) is 0 Å². The Hall–Kier alpha value is -1.74. The molecular weight excluding hydrogens is 250 g/mol. The summed E-state index contributed by atoms with van der Waals surface area (Å²) >= 11 is 0. The van der Waals surface area contributed by atoms with E-state index in [0.717, 1.165) is 23.8 Å². The Kier molecular flexibility index (Phi) is 4.50. The topological polar surface area (TPSA) is 34.4 Å². The van der Waals surface area contributed by atoms with Gasteiger partial charge in [0.1, 0.15) is 23.9 Å². The monoisotopic (exact) mass is 273 g/mol. The third kappa shape index (κ3) is 4.74. The molecule has 3 nitrogen and oxygen atoms in total. The Morgan fingerprint density at radius 1 is 1.00 bits per heavy atom. The second kappa shape index (κ2) is 6.14. The van der Waals surface area contributed by atoms with Crippen molar-refractivity contribution in [2.45, 2.75) is 46.4 Å². The summed E-state index contributed by atoms with van der Waals surface area (Å²) in [6.45, 7) is 9.66. The maximum Gasteiger partial charge on any atom is 0.146 e. The third-order valence-electron chi connectivity index (χ3n) is 2.91. The van der Waals surface area contributed by atoms with Crippen LogP contribution in [0.1, 0.15) is 37.9 Å². The molecule has 0 aliphatic heterocycles. The molecule has 0 unspecified atom stereocenters. The van der Waals surface area contributed by atoms with Crippen LogP contribution >= 0.6 is 0 Å². The van der Waals surface area contributed by atoms with Crippen molar-refractivity contribution in [3.63, 3.8) is 0 Å². The predicted molar refractivity (Wildman–Crippen MR) is 80.8 cm³/mol. The first-order chi connectivity index (χ1) is 9.42. The molecule has 0 bridgehead atoms. The van der Waals surface area contributed by atoms with Crippen molar-refractivity contribution >= 4 is 0 Å². The zero-order valence-corrected chi connectivity index (χ0v) is 12.7. The van der Waals surface area contributed by atoms with Crippen molar-refractivity contribution in [3.05, 3.63) is 53.5 Å². The van der Waals surface area contributed by atoms with Crippen molar-refractivity contribution in [1.82, 2.24) is 5.32 Å². The maximum absolute atomic E-state index is 5.74. The molecule has 2 aromatic rings. The van der Waals surface area contributed by atoms with E-state index in [9.17, 15) is 0 Å². The number of rotatable bonds is 5. The van der Waals surface area contributed by atoms with Gasteiger partial charge in [-0.3, -0.25) is 0 Å². The van der Waals surface area contributed by atoms with Gasteiger partial charge in [-0.25, -0.2) is 0 Å². The van der Waals surface area contributed by atoms with Crippen molar-refractivity contribution in [1.29, 1.82) is 0 Å². The van der Waals surface area contributed by atoms with E-state index >= 15 is 0 Å². The molecule has 0 aliphatic rings. The molecular formula is C17H23NO2. The Morgan fingerprint density at radius 2 is 1.65 bits per heavy atom. The second-order valence-corrected chi connectivity index (χ2v) is 6.07. The number of ether oxygens (including phenoxy) is 1. The molecule has 0 aliphatic carbocycles. The molecule has 0 spiro atoms. The zero-order chi connectivity index (χ0) is 14.6.